The molecule has 0 amide bonds. The average Bonchev–Trinajstić information content (AvgIpc) is 2.93. The predicted molar refractivity (Wildman–Crippen MR) is 163 cm³/mol. The maximum Gasteiger partial charge on any atom is 0.294 e. The van der Waals surface area contributed by atoms with Gasteiger partial charge in [-0.1, -0.05) is 97.1 Å². The Bertz CT molecular complexity index is 1210. The van der Waals surface area contributed by atoms with Crippen molar-refractivity contribution in [2.24, 2.45) is 0 Å². The van der Waals surface area contributed by atoms with Crippen LogP contribution in [0.25, 0.3) is 0 Å². The van der Waals surface area contributed by atoms with Crippen LogP contribution in [0.1, 0.15) is 35.8 Å². The molecule has 0 heterocycles. The molecule has 0 aromatic heterocycles. The lowest BCUT2D eigenvalue weighted by molar-refractivity contribution is 0.0507. The van der Waals surface area contributed by atoms with Crippen LogP contribution in [0, 0.1) is 0 Å². The van der Waals surface area contributed by atoms with E-state index in [-0.39, 0.29) is 20.8 Å². The predicted octanol–water partition coefficient (Wildman–Crippen LogP) is 10.9. The molecule has 2 aromatic rings. The Morgan fingerprint density at radius 2 is 1.05 bits per heavy atom. The summed E-state index contributed by atoms with van der Waals surface area (Å²) < 4.78 is 62.5. The topological polar surface area (TPSA) is 0 Å². The Balaban J connectivity index is 1.60. The largest absolute Gasteiger partial charge is 0.294 e. The molecule has 204 valence electrons. The van der Waals surface area contributed by atoms with Gasteiger partial charge in [-0.2, -0.15) is 17.6 Å². The molecule has 0 aliphatic heterocycles. The van der Waals surface area contributed by atoms with Crippen LogP contribution in [-0.4, -0.2) is 22.3 Å². The summed E-state index contributed by atoms with van der Waals surface area (Å²) in [6, 6.07) is 18.7. The van der Waals surface area contributed by atoms with E-state index in [1.807, 2.05) is 60.7 Å². The van der Waals surface area contributed by atoms with Crippen molar-refractivity contribution in [1.29, 1.82) is 0 Å². The summed E-state index contributed by atoms with van der Waals surface area (Å²) in [5, 5.41) is -2.95. The van der Waals surface area contributed by atoms with Gasteiger partial charge in [0.15, 0.2) is 0 Å². The second kappa shape index (κ2) is 12.6. The van der Waals surface area contributed by atoms with Crippen LogP contribution in [0.2, 0.25) is 0 Å². The number of thioether (sulfide) groups is 1. The highest BCUT2D eigenvalue weighted by Gasteiger charge is 2.52. The molecule has 0 nitrogen and oxygen atoms in total. The van der Waals surface area contributed by atoms with Crippen LogP contribution in [0.3, 0.4) is 0 Å². The summed E-state index contributed by atoms with van der Waals surface area (Å²) in [6.07, 6.45) is 10.3. The van der Waals surface area contributed by atoms with Crippen LogP contribution in [0.5, 0.6) is 0 Å². The fourth-order valence-corrected chi connectivity index (χ4v) is 7.80. The van der Waals surface area contributed by atoms with Gasteiger partial charge < -0.3 is 0 Å². The Morgan fingerprint density at radius 1 is 0.692 bits per heavy atom. The van der Waals surface area contributed by atoms with E-state index < -0.39 is 22.3 Å². The van der Waals surface area contributed by atoms with Crippen molar-refractivity contribution >= 4 is 43.6 Å². The van der Waals surface area contributed by atoms with Crippen molar-refractivity contribution < 1.29 is 17.6 Å². The van der Waals surface area contributed by atoms with Gasteiger partial charge in [0.1, 0.15) is 0 Å². The number of halogens is 6. The Labute approximate surface area is 248 Å². The van der Waals surface area contributed by atoms with Crippen molar-refractivity contribution in [3.8, 4) is 0 Å². The molecule has 4 unspecified atom stereocenters. The molecular weight excluding hydrogens is 652 g/mol. The third-order valence-electron chi connectivity index (χ3n) is 6.96. The highest BCUT2D eigenvalue weighted by atomic mass is 79.9. The minimum atomic E-state index is -3.38. The first kappa shape index (κ1) is 29.9. The van der Waals surface area contributed by atoms with Crippen LogP contribution >= 0.6 is 43.6 Å². The molecule has 0 radical (unpaired) electrons. The maximum absolute atomic E-state index is 15.8. The second-order valence-corrected chi connectivity index (χ2v) is 12.3. The Kier molecular flexibility index (Phi) is 9.66. The van der Waals surface area contributed by atoms with E-state index in [4.69, 9.17) is 0 Å². The monoisotopic (exact) mass is 678 g/mol. The van der Waals surface area contributed by atoms with Crippen molar-refractivity contribution in [3.05, 3.63) is 142 Å². The molecule has 0 bridgehead atoms. The molecule has 4 atom stereocenters. The number of hydrogen-bond donors (Lipinski definition) is 0. The minimum absolute atomic E-state index is 0.278. The number of benzene rings is 2. The van der Waals surface area contributed by atoms with Crippen LogP contribution in [0.15, 0.2) is 130 Å². The smallest absolute Gasteiger partial charge is 0.199 e. The molecule has 2 aliphatic rings. The van der Waals surface area contributed by atoms with Crippen molar-refractivity contribution in [2.45, 2.75) is 47.0 Å². The van der Waals surface area contributed by atoms with E-state index in [1.54, 1.807) is 24.3 Å². The summed E-state index contributed by atoms with van der Waals surface area (Å²) in [5.41, 5.74) is 2.61. The first-order valence-corrected chi connectivity index (χ1v) is 15.0. The molecule has 2 aromatic carbocycles. The zero-order chi connectivity index (χ0) is 28.2. The fraction of sp³-hybridized carbons (Fsp3) is 0.250. The highest BCUT2D eigenvalue weighted by Crippen LogP contribution is 2.53. The number of hydrogen-bond acceptors (Lipinski definition) is 1. The van der Waals surface area contributed by atoms with Crippen LogP contribution in [0.4, 0.5) is 17.6 Å². The van der Waals surface area contributed by atoms with Crippen LogP contribution in [-0.2, 0) is 0 Å². The second-order valence-electron chi connectivity index (χ2n) is 9.46. The molecule has 2 aliphatic carbocycles. The summed E-state index contributed by atoms with van der Waals surface area (Å²) in [5.74, 6) is -7.42. The van der Waals surface area contributed by atoms with Crippen LogP contribution < -0.4 is 0 Å². The van der Waals surface area contributed by atoms with E-state index in [9.17, 15) is 0 Å². The number of rotatable bonds is 10. The summed E-state index contributed by atoms with van der Waals surface area (Å²) in [7, 11) is 0. The standard InChI is InChI=1S/C32H28Br2F4S/c1-3-11-23(21-13-7-5-8-14-21)25-17-19-27(31(35,36)29(25)33)39-28-20-18-26(30(34)32(28,37)38)24(12-4-2)22-15-9-6-10-16-22/h3-10,13-20,23-24,27-28H,1-2,11-12H2. The van der Waals surface area contributed by atoms with Crippen molar-refractivity contribution in [2.75, 3.05) is 0 Å². The lowest BCUT2D eigenvalue weighted by atomic mass is 9.84. The van der Waals surface area contributed by atoms with Gasteiger partial charge in [-0.05, 0) is 67.0 Å². The lowest BCUT2D eigenvalue weighted by Gasteiger charge is -2.36. The summed E-state index contributed by atoms with van der Waals surface area (Å²) in [6.45, 7) is 7.58. The zero-order valence-electron chi connectivity index (χ0n) is 21.1. The lowest BCUT2D eigenvalue weighted by Crippen LogP contribution is -2.40. The quantitative estimate of drug-likeness (QED) is 0.178. The number of alkyl halides is 4. The van der Waals surface area contributed by atoms with Crippen molar-refractivity contribution in [1.82, 2.24) is 0 Å². The minimum Gasteiger partial charge on any atom is -0.199 e. The first-order valence-electron chi connectivity index (χ1n) is 12.5. The molecule has 0 fully saturated rings. The van der Waals surface area contributed by atoms with Gasteiger partial charge in [-0.15, -0.1) is 24.9 Å². The molecule has 7 heteroatoms. The SMILES string of the molecule is C=CCC(C1=C(Br)C(F)(F)C(SC2C=CC(C(CC=C)c3ccccc3)=C(Br)C2(F)F)C=C1)c1ccccc1. The Morgan fingerprint density at radius 3 is 1.38 bits per heavy atom. The van der Waals surface area contributed by atoms with E-state index in [1.165, 1.54) is 12.2 Å². The number of allylic oxidation sites excluding steroid dienone is 8. The zero-order valence-corrected chi connectivity index (χ0v) is 25.0. The maximum atomic E-state index is 15.8. The molecule has 4 rings (SSSR count). The van der Waals surface area contributed by atoms with Gasteiger partial charge in [0.05, 0.1) is 19.5 Å². The van der Waals surface area contributed by atoms with E-state index in [2.05, 4.69) is 45.0 Å². The molecule has 0 saturated heterocycles. The fourth-order valence-electron chi connectivity index (χ4n) is 4.95. The van der Waals surface area contributed by atoms with E-state index in [0.717, 1.165) is 11.1 Å². The van der Waals surface area contributed by atoms with Gasteiger partial charge in [0.25, 0.3) is 11.8 Å². The third-order valence-corrected chi connectivity index (χ3v) is 10.4. The van der Waals surface area contributed by atoms with Gasteiger partial charge in [-0.3, -0.25) is 0 Å². The first-order chi connectivity index (χ1) is 18.6. The third kappa shape index (κ3) is 6.15. The van der Waals surface area contributed by atoms with E-state index in [0.29, 0.717) is 35.7 Å². The van der Waals surface area contributed by atoms with E-state index >= 15 is 17.6 Å². The van der Waals surface area contributed by atoms with Crippen molar-refractivity contribution in [3.63, 3.8) is 0 Å². The highest BCUT2D eigenvalue weighted by molar-refractivity contribution is 9.12. The molecule has 0 saturated carbocycles. The Hall–Kier alpha value is -2.09. The summed E-state index contributed by atoms with van der Waals surface area (Å²) >= 11 is 6.88. The van der Waals surface area contributed by atoms with Gasteiger partial charge in [0, 0.05) is 11.8 Å². The van der Waals surface area contributed by atoms with Gasteiger partial charge in [0.2, 0.25) is 0 Å². The average molecular weight is 680 g/mol. The molecule has 0 spiro atoms. The normalized spacial score (nSPS) is 23.4. The van der Waals surface area contributed by atoms with Gasteiger partial charge in [-0.25, -0.2) is 0 Å². The van der Waals surface area contributed by atoms with Gasteiger partial charge >= 0.3 is 0 Å². The molecule has 0 N–H and O–H groups in total. The summed E-state index contributed by atoms with van der Waals surface area (Å²) in [4.78, 5) is 0. The molecular formula is C32H28Br2F4S. The molecule has 39 heavy (non-hydrogen) atoms.